The average molecular weight is 409 g/mol. The lowest BCUT2D eigenvalue weighted by atomic mass is 10.1. The third-order valence-electron chi connectivity index (χ3n) is 5.34. The molecule has 4 nitrogen and oxygen atoms in total. The van der Waals surface area contributed by atoms with Gasteiger partial charge in [-0.05, 0) is 43.2 Å². The summed E-state index contributed by atoms with van der Waals surface area (Å²) in [6.45, 7) is 2.26. The molecule has 1 atom stereocenters. The molecule has 0 saturated carbocycles. The molecule has 3 aromatic rings. The van der Waals surface area contributed by atoms with Gasteiger partial charge in [0, 0.05) is 13.2 Å². The van der Waals surface area contributed by atoms with Gasteiger partial charge in [-0.1, -0.05) is 72.2 Å². The van der Waals surface area contributed by atoms with Gasteiger partial charge in [-0.2, -0.15) is 0 Å². The van der Waals surface area contributed by atoms with Crippen LogP contribution in [0.4, 0.5) is 5.69 Å². The van der Waals surface area contributed by atoms with Crippen LogP contribution in [0.2, 0.25) is 0 Å². The molecular weight excluding hydrogens is 380 g/mol. The van der Waals surface area contributed by atoms with E-state index in [1.165, 1.54) is 5.56 Å². The van der Waals surface area contributed by atoms with Crippen molar-refractivity contribution in [1.29, 1.82) is 0 Å². The summed E-state index contributed by atoms with van der Waals surface area (Å²) in [6, 6.07) is 20.8. The summed E-state index contributed by atoms with van der Waals surface area (Å²) in [5.74, 6) is 0. The van der Waals surface area contributed by atoms with Gasteiger partial charge in [-0.15, -0.1) is 0 Å². The standard InChI is InChI=1S/C24H28N2O2S/c27-24-22(25-16-8-7-12-19-10-3-1-4-11-19)23(20-13-5-2-6-14-20)29-26(24)18-21-15-9-17-28-21/h1-6,10-11,13-14,21,25H,7-9,12,15-18H2. The van der Waals surface area contributed by atoms with E-state index in [0.717, 1.165) is 61.4 Å². The van der Waals surface area contributed by atoms with Crippen molar-refractivity contribution < 1.29 is 4.74 Å². The number of anilines is 1. The third kappa shape index (κ3) is 5.17. The molecule has 1 unspecified atom stereocenters. The summed E-state index contributed by atoms with van der Waals surface area (Å²) >= 11 is 1.55. The summed E-state index contributed by atoms with van der Waals surface area (Å²) in [5, 5.41) is 3.45. The van der Waals surface area contributed by atoms with Crippen LogP contribution in [0.15, 0.2) is 65.5 Å². The van der Waals surface area contributed by atoms with Gasteiger partial charge in [0.05, 0.1) is 17.5 Å². The molecule has 1 N–H and O–H groups in total. The van der Waals surface area contributed by atoms with Crippen molar-refractivity contribution >= 4 is 17.2 Å². The summed E-state index contributed by atoms with van der Waals surface area (Å²) in [4.78, 5) is 14.1. The number of aromatic nitrogens is 1. The number of rotatable bonds is 9. The van der Waals surface area contributed by atoms with E-state index in [-0.39, 0.29) is 11.7 Å². The van der Waals surface area contributed by atoms with E-state index in [1.54, 1.807) is 11.5 Å². The minimum Gasteiger partial charge on any atom is -0.379 e. The Balaban J connectivity index is 1.43. The highest BCUT2D eigenvalue weighted by Crippen LogP contribution is 2.31. The number of hydrogen-bond acceptors (Lipinski definition) is 4. The Kier molecular flexibility index (Phi) is 6.80. The quantitative estimate of drug-likeness (QED) is 0.496. The molecule has 4 rings (SSSR count). The Morgan fingerprint density at radius 2 is 1.79 bits per heavy atom. The maximum absolute atomic E-state index is 13.1. The molecule has 1 fully saturated rings. The van der Waals surface area contributed by atoms with Crippen LogP contribution in [0.5, 0.6) is 0 Å². The van der Waals surface area contributed by atoms with Gasteiger partial charge >= 0.3 is 0 Å². The van der Waals surface area contributed by atoms with Gasteiger partial charge in [0.2, 0.25) is 0 Å². The zero-order valence-electron chi connectivity index (χ0n) is 16.7. The van der Waals surface area contributed by atoms with Crippen molar-refractivity contribution in [3.8, 4) is 10.4 Å². The summed E-state index contributed by atoms with van der Waals surface area (Å²) in [6.07, 6.45) is 5.49. The number of aryl methyl sites for hydroxylation is 1. The van der Waals surface area contributed by atoms with Crippen molar-refractivity contribution in [2.75, 3.05) is 18.5 Å². The highest BCUT2D eigenvalue weighted by molar-refractivity contribution is 7.10. The summed E-state index contributed by atoms with van der Waals surface area (Å²) in [5.41, 5.74) is 3.27. The van der Waals surface area contributed by atoms with Crippen molar-refractivity contribution in [2.24, 2.45) is 0 Å². The van der Waals surface area contributed by atoms with Crippen LogP contribution in [-0.2, 0) is 17.7 Å². The third-order valence-corrected chi connectivity index (χ3v) is 6.49. The lowest BCUT2D eigenvalue weighted by Crippen LogP contribution is -2.23. The zero-order chi connectivity index (χ0) is 19.9. The number of unbranched alkanes of at least 4 members (excludes halogenated alkanes) is 1. The molecule has 2 aromatic carbocycles. The van der Waals surface area contributed by atoms with E-state index < -0.39 is 0 Å². The fraction of sp³-hybridized carbons (Fsp3) is 0.375. The predicted octanol–water partition coefficient (Wildman–Crippen LogP) is 5.19. The predicted molar refractivity (Wildman–Crippen MR) is 121 cm³/mol. The molecule has 1 saturated heterocycles. The first-order valence-corrected chi connectivity index (χ1v) is 11.3. The highest BCUT2D eigenvalue weighted by Gasteiger charge is 2.21. The number of nitrogens with one attached hydrogen (secondary N) is 1. The van der Waals surface area contributed by atoms with Crippen LogP contribution < -0.4 is 10.9 Å². The Bertz CT molecular complexity index is 944. The SMILES string of the molecule is O=c1c(NCCCCc2ccccc2)c(-c2ccccc2)sn1CC1CCCO1. The second-order valence-electron chi connectivity index (χ2n) is 7.53. The Hall–Kier alpha value is -2.37. The first-order chi connectivity index (χ1) is 14.3. The van der Waals surface area contributed by atoms with E-state index in [2.05, 4.69) is 41.7 Å². The molecule has 1 aromatic heterocycles. The summed E-state index contributed by atoms with van der Waals surface area (Å²) in [7, 11) is 0. The molecule has 29 heavy (non-hydrogen) atoms. The Morgan fingerprint density at radius 1 is 1.03 bits per heavy atom. The van der Waals surface area contributed by atoms with Crippen LogP contribution in [0, 0.1) is 0 Å². The van der Waals surface area contributed by atoms with E-state index in [1.807, 2.05) is 28.2 Å². The Labute approximate surface area is 176 Å². The number of nitrogens with zero attached hydrogens (tertiary/aromatic N) is 1. The topological polar surface area (TPSA) is 43.3 Å². The maximum atomic E-state index is 13.1. The van der Waals surface area contributed by atoms with E-state index in [9.17, 15) is 4.79 Å². The number of benzene rings is 2. The normalized spacial score (nSPS) is 16.2. The smallest absolute Gasteiger partial charge is 0.284 e. The Morgan fingerprint density at radius 3 is 2.52 bits per heavy atom. The fourth-order valence-electron chi connectivity index (χ4n) is 3.77. The lowest BCUT2D eigenvalue weighted by Gasteiger charge is -2.08. The van der Waals surface area contributed by atoms with E-state index in [0.29, 0.717) is 6.54 Å². The van der Waals surface area contributed by atoms with Crippen LogP contribution in [0.3, 0.4) is 0 Å². The second-order valence-corrected chi connectivity index (χ2v) is 8.56. The second kappa shape index (κ2) is 9.90. The molecule has 152 valence electrons. The first-order valence-electron chi connectivity index (χ1n) is 10.5. The first kappa shape index (κ1) is 19.9. The largest absolute Gasteiger partial charge is 0.379 e. The molecule has 0 amide bonds. The molecular formula is C24H28N2O2S. The van der Waals surface area contributed by atoms with E-state index in [4.69, 9.17) is 4.74 Å². The van der Waals surface area contributed by atoms with Crippen LogP contribution >= 0.6 is 11.5 Å². The molecule has 1 aliphatic heterocycles. The number of ether oxygens (including phenoxy) is 1. The average Bonchev–Trinajstić information content (AvgIpc) is 3.38. The monoisotopic (exact) mass is 408 g/mol. The van der Waals surface area contributed by atoms with Crippen LogP contribution in [0.25, 0.3) is 10.4 Å². The van der Waals surface area contributed by atoms with Gasteiger partial charge < -0.3 is 10.1 Å². The molecule has 5 heteroatoms. The zero-order valence-corrected chi connectivity index (χ0v) is 17.5. The fourth-order valence-corrected chi connectivity index (χ4v) is 4.89. The minimum absolute atomic E-state index is 0.0763. The molecule has 0 aliphatic carbocycles. The maximum Gasteiger partial charge on any atom is 0.284 e. The van der Waals surface area contributed by atoms with Gasteiger partial charge in [0.1, 0.15) is 5.69 Å². The van der Waals surface area contributed by atoms with Gasteiger partial charge in [0.25, 0.3) is 5.56 Å². The molecule has 0 radical (unpaired) electrons. The molecule has 1 aliphatic rings. The molecule has 0 spiro atoms. The van der Waals surface area contributed by atoms with Gasteiger partial charge in [-0.25, -0.2) is 0 Å². The van der Waals surface area contributed by atoms with Crippen molar-refractivity contribution in [3.63, 3.8) is 0 Å². The van der Waals surface area contributed by atoms with Gasteiger partial charge in [-0.3, -0.25) is 8.75 Å². The number of hydrogen-bond donors (Lipinski definition) is 1. The van der Waals surface area contributed by atoms with Crippen molar-refractivity contribution in [1.82, 2.24) is 3.96 Å². The van der Waals surface area contributed by atoms with Crippen LogP contribution in [-0.4, -0.2) is 23.2 Å². The molecule has 0 bridgehead atoms. The summed E-state index contributed by atoms with van der Waals surface area (Å²) < 4.78 is 7.61. The molecule has 2 heterocycles. The van der Waals surface area contributed by atoms with E-state index >= 15 is 0 Å². The highest BCUT2D eigenvalue weighted by atomic mass is 32.1. The van der Waals surface area contributed by atoms with Gasteiger partial charge in [0.15, 0.2) is 0 Å². The van der Waals surface area contributed by atoms with Crippen LogP contribution in [0.1, 0.15) is 31.2 Å². The van der Waals surface area contributed by atoms with Crippen molar-refractivity contribution in [2.45, 2.75) is 44.8 Å². The van der Waals surface area contributed by atoms with Crippen molar-refractivity contribution in [3.05, 3.63) is 76.6 Å². The minimum atomic E-state index is 0.0763. The lowest BCUT2D eigenvalue weighted by molar-refractivity contribution is 0.0988.